The Morgan fingerprint density at radius 3 is 2.87 bits per heavy atom. The van der Waals surface area contributed by atoms with Gasteiger partial charge in [-0.3, -0.25) is 4.90 Å². The average Bonchev–Trinajstić information content (AvgIpc) is 3.33. The molecule has 2 aliphatic rings. The first-order chi connectivity index (χ1) is 14.6. The lowest BCUT2D eigenvalue weighted by atomic mass is 9.99. The number of hydrogen-bond acceptors (Lipinski definition) is 5. The summed E-state index contributed by atoms with van der Waals surface area (Å²) in [4.78, 5) is 15.4. The highest BCUT2D eigenvalue weighted by Crippen LogP contribution is 2.42. The molecule has 5 rings (SSSR count). The molecular weight excluding hydrogens is 383 g/mol. The molecule has 0 spiro atoms. The van der Waals surface area contributed by atoms with Crippen LogP contribution in [0.25, 0.3) is 22.3 Å². The number of anilines is 1. The van der Waals surface area contributed by atoms with Crippen LogP contribution in [0.3, 0.4) is 0 Å². The number of ether oxygens (including phenoxy) is 1. The van der Waals surface area contributed by atoms with Crippen LogP contribution in [0.2, 0.25) is 0 Å². The maximum atomic E-state index is 13.4. The predicted molar refractivity (Wildman–Crippen MR) is 114 cm³/mol. The van der Waals surface area contributed by atoms with E-state index in [9.17, 15) is 9.18 Å². The molecule has 1 fully saturated rings. The van der Waals surface area contributed by atoms with Crippen molar-refractivity contribution in [2.24, 2.45) is 0 Å². The van der Waals surface area contributed by atoms with Crippen LogP contribution in [0.1, 0.15) is 48.7 Å². The number of nitrogens with one attached hydrogen (secondary N) is 1. The van der Waals surface area contributed by atoms with Crippen molar-refractivity contribution in [1.82, 2.24) is 4.90 Å². The van der Waals surface area contributed by atoms with Crippen molar-refractivity contribution >= 4 is 22.6 Å². The molecule has 156 valence electrons. The molecule has 0 aliphatic carbocycles. The molecule has 2 aromatic carbocycles. The number of nitrogens with zero attached hydrogens (tertiary/aromatic N) is 1. The van der Waals surface area contributed by atoms with E-state index in [2.05, 4.69) is 23.2 Å². The van der Waals surface area contributed by atoms with Gasteiger partial charge in [-0.1, -0.05) is 0 Å². The number of fused-ring (bicyclic) bond motifs is 3. The van der Waals surface area contributed by atoms with Gasteiger partial charge in [0.05, 0.1) is 6.61 Å². The zero-order chi connectivity index (χ0) is 20.8. The van der Waals surface area contributed by atoms with Gasteiger partial charge in [-0.05, 0) is 69.1 Å². The second kappa shape index (κ2) is 7.43. The van der Waals surface area contributed by atoms with Gasteiger partial charge in [0.15, 0.2) is 0 Å². The molecule has 3 aromatic rings. The van der Waals surface area contributed by atoms with Gasteiger partial charge in [-0.15, -0.1) is 0 Å². The summed E-state index contributed by atoms with van der Waals surface area (Å²) in [5, 5.41) is 4.32. The van der Waals surface area contributed by atoms with E-state index in [0.717, 1.165) is 29.7 Å². The zero-order valence-electron chi connectivity index (χ0n) is 17.2. The van der Waals surface area contributed by atoms with Gasteiger partial charge >= 0.3 is 5.97 Å². The van der Waals surface area contributed by atoms with Crippen molar-refractivity contribution in [2.45, 2.75) is 38.8 Å². The Labute approximate surface area is 174 Å². The Morgan fingerprint density at radius 2 is 2.10 bits per heavy atom. The second-order valence-corrected chi connectivity index (χ2v) is 8.06. The Bertz CT molecular complexity index is 1110. The highest BCUT2D eigenvalue weighted by atomic mass is 19.1. The molecule has 2 atom stereocenters. The first-order valence-electron chi connectivity index (χ1n) is 10.6. The van der Waals surface area contributed by atoms with E-state index in [4.69, 9.17) is 9.15 Å². The van der Waals surface area contributed by atoms with E-state index in [1.807, 2.05) is 6.07 Å². The summed E-state index contributed by atoms with van der Waals surface area (Å²) in [6, 6.07) is 10.8. The topological polar surface area (TPSA) is 54.7 Å². The van der Waals surface area contributed by atoms with E-state index >= 15 is 0 Å². The molecule has 0 bridgehead atoms. The Kier molecular flexibility index (Phi) is 4.74. The van der Waals surface area contributed by atoms with Gasteiger partial charge in [0.2, 0.25) is 0 Å². The zero-order valence-corrected chi connectivity index (χ0v) is 17.2. The molecule has 3 heterocycles. The van der Waals surface area contributed by atoms with Crippen molar-refractivity contribution < 1.29 is 18.3 Å². The van der Waals surface area contributed by atoms with Gasteiger partial charge in [-0.2, -0.15) is 0 Å². The van der Waals surface area contributed by atoms with Crippen LogP contribution in [0.4, 0.5) is 10.1 Å². The lowest BCUT2D eigenvalue weighted by Crippen LogP contribution is -2.34. The molecular formula is C24H25FN2O3. The highest BCUT2D eigenvalue weighted by Gasteiger charge is 2.34. The maximum Gasteiger partial charge on any atom is 0.342 e. The number of benzene rings is 2. The molecule has 2 aliphatic heterocycles. The molecule has 0 radical (unpaired) electrons. The van der Waals surface area contributed by atoms with Crippen molar-refractivity contribution in [1.29, 1.82) is 0 Å². The minimum Gasteiger partial charge on any atom is -0.462 e. The number of carbonyl (C=O) groups is 1. The van der Waals surface area contributed by atoms with E-state index in [1.165, 1.54) is 25.0 Å². The van der Waals surface area contributed by atoms with Crippen molar-refractivity contribution in [3.8, 4) is 11.3 Å². The van der Waals surface area contributed by atoms with Gasteiger partial charge < -0.3 is 14.5 Å². The van der Waals surface area contributed by atoms with Crippen LogP contribution in [-0.4, -0.2) is 36.6 Å². The summed E-state index contributed by atoms with van der Waals surface area (Å²) in [5.41, 5.74) is 3.86. The molecule has 1 unspecified atom stereocenters. The molecule has 1 N–H and O–H groups in total. The third kappa shape index (κ3) is 3.06. The highest BCUT2D eigenvalue weighted by molar-refractivity contribution is 6.09. The van der Waals surface area contributed by atoms with Crippen molar-refractivity contribution in [2.75, 3.05) is 25.0 Å². The second-order valence-electron chi connectivity index (χ2n) is 8.06. The van der Waals surface area contributed by atoms with Crippen molar-refractivity contribution in [3.05, 3.63) is 53.3 Å². The summed E-state index contributed by atoms with van der Waals surface area (Å²) >= 11 is 0. The average molecular weight is 408 g/mol. The van der Waals surface area contributed by atoms with Crippen LogP contribution in [0, 0.1) is 5.82 Å². The molecule has 1 saturated heterocycles. The van der Waals surface area contributed by atoms with E-state index in [1.54, 1.807) is 19.1 Å². The molecule has 0 saturated carbocycles. The molecule has 0 amide bonds. The normalized spacial score (nSPS) is 21.0. The van der Waals surface area contributed by atoms with Crippen molar-refractivity contribution in [3.63, 3.8) is 0 Å². The molecule has 6 heteroatoms. The molecule has 30 heavy (non-hydrogen) atoms. The molecule has 1 aromatic heterocycles. The Balaban J connectivity index is 1.70. The third-order valence-electron chi connectivity index (χ3n) is 6.34. The summed E-state index contributed by atoms with van der Waals surface area (Å²) in [6.07, 6.45) is 2.41. The number of furan rings is 1. The quantitative estimate of drug-likeness (QED) is 0.591. The van der Waals surface area contributed by atoms with E-state index in [0.29, 0.717) is 28.5 Å². The van der Waals surface area contributed by atoms with Crippen LogP contribution < -0.4 is 5.32 Å². The van der Waals surface area contributed by atoms with E-state index in [-0.39, 0.29) is 18.5 Å². The monoisotopic (exact) mass is 408 g/mol. The van der Waals surface area contributed by atoms with Gasteiger partial charge in [0.25, 0.3) is 0 Å². The van der Waals surface area contributed by atoms with Gasteiger partial charge in [-0.25, -0.2) is 9.18 Å². The summed E-state index contributed by atoms with van der Waals surface area (Å²) in [7, 11) is 0. The number of esters is 1. The number of hydrogen-bond donors (Lipinski definition) is 1. The van der Waals surface area contributed by atoms with Gasteiger partial charge in [0, 0.05) is 41.3 Å². The number of rotatable bonds is 3. The van der Waals surface area contributed by atoms with Gasteiger partial charge in [0.1, 0.15) is 22.7 Å². The fraction of sp³-hybridized carbons (Fsp3) is 0.375. The Morgan fingerprint density at radius 1 is 1.30 bits per heavy atom. The maximum absolute atomic E-state index is 13.4. The largest absolute Gasteiger partial charge is 0.462 e. The molecule has 5 nitrogen and oxygen atoms in total. The Hall–Kier alpha value is -2.86. The smallest absolute Gasteiger partial charge is 0.342 e. The lowest BCUT2D eigenvalue weighted by Gasteiger charge is -2.28. The standard InChI is InChI=1S/C24H25FN2O3/c1-3-29-24(28)22-19-11-18-14(2)27-10-4-5-17(27)13-26-20(18)12-21(19)30-23(22)15-6-8-16(25)9-7-15/h6-9,11-12,14,17,26H,3-5,10,13H2,1-2H3/t14?,17-/m0/s1. The fourth-order valence-electron chi connectivity index (χ4n) is 4.86. The van der Waals surface area contributed by atoms with E-state index < -0.39 is 5.97 Å². The summed E-state index contributed by atoms with van der Waals surface area (Å²) < 4.78 is 24.9. The first kappa shape index (κ1) is 19.1. The first-order valence-corrected chi connectivity index (χ1v) is 10.6. The predicted octanol–water partition coefficient (Wildman–Crippen LogP) is 5.37. The van der Waals surface area contributed by atoms with Crippen LogP contribution >= 0.6 is 0 Å². The fourth-order valence-corrected chi connectivity index (χ4v) is 4.86. The lowest BCUT2D eigenvalue weighted by molar-refractivity contribution is 0.0528. The summed E-state index contributed by atoms with van der Waals surface area (Å²) in [6.45, 7) is 6.26. The SMILES string of the molecule is CCOC(=O)c1c(-c2ccc(F)cc2)oc2cc3c(cc12)C(C)N1CCC[C@H]1CN3. The number of halogens is 1. The third-order valence-corrected chi connectivity index (χ3v) is 6.34. The van der Waals surface area contributed by atoms with Crippen LogP contribution in [0.5, 0.6) is 0 Å². The summed E-state index contributed by atoms with van der Waals surface area (Å²) in [5.74, 6) is -0.350. The minimum absolute atomic E-state index is 0.242. The van der Waals surface area contributed by atoms with Crippen LogP contribution in [-0.2, 0) is 4.74 Å². The van der Waals surface area contributed by atoms with Crippen LogP contribution in [0.15, 0.2) is 40.8 Å². The minimum atomic E-state index is -0.427. The number of carbonyl (C=O) groups excluding carboxylic acids is 1.